The summed E-state index contributed by atoms with van der Waals surface area (Å²) >= 11 is 2.15. The fourth-order valence-electron chi connectivity index (χ4n) is 2.71. The molecule has 1 N–H and O–H groups in total. The maximum atomic E-state index is 12.4. The predicted octanol–water partition coefficient (Wildman–Crippen LogP) is 4.62. The number of hydrogen-bond acceptors (Lipinski definition) is 5. The number of hydrogen-bond donors (Lipinski definition) is 1. The van der Waals surface area contributed by atoms with Crippen LogP contribution in [-0.4, -0.2) is 25.4 Å². The maximum Gasteiger partial charge on any atom is 0.256 e. The van der Waals surface area contributed by atoms with Crippen molar-refractivity contribution in [2.45, 2.75) is 6.92 Å². The van der Waals surface area contributed by atoms with E-state index < -0.39 is 0 Å². The van der Waals surface area contributed by atoms with E-state index in [1.54, 1.807) is 42.6 Å². The summed E-state index contributed by atoms with van der Waals surface area (Å²) in [6, 6.07) is 16.3. The molecule has 0 saturated heterocycles. The summed E-state index contributed by atoms with van der Waals surface area (Å²) in [5.41, 5.74) is 1.32. The molecule has 144 valence electrons. The lowest BCUT2D eigenvalue weighted by atomic mass is 10.2. The molecular weight excluding hydrogens is 481 g/mol. The minimum atomic E-state index is -0.153. The van der Waals surface area contributed by atoms with E-state index >= 15 is 0 Å². The number of imidazole rings is 1. The van der Waals surface area contributed by atoms with Crippen molar-refractivity contribution in [1.29, 1.82) is 0 Å². The van der Waals surface area contributed by atoms with Crippen LogP contribution >= 0.6 is 22.6 Å². The second kappa shape index (κ2) is 8.39. The Labute approximate surface area is 180 Å². The number of aryl methyl sites for hydroxylation is 1. The van der Waals surface area contributed by atoms with Gasteiger partial charge in [-0.2, -0.15) is 0 Å². The van der Waals surface area contributed by atoms with Crippen LogP contribution in [0.15, 0.2) is 73.3 Å². The first kappa shape index (κ1) is 19.1. The van der Waals surface area contributed by atoms with Crippen LogP contribution in [0.4, 0.5) is 5.69 Å². The maximum absolute atomic E-state index is 12.4. The molecule has 0 atom stereocenters. The van der Waals surface area contributed by atoms with Crippen molar-refractivity contribution < 1.29 is 9.53 Å². The van der Waals surface area contributed by atoms with Crippen LogP contribution in [0.5, 0.6) is 11.6 Å². The molecule has 7 nitrogen and oxygen atoms in total. The number of anilines is 1. The van der Waals surface area contributed by atoms with Crippen LogP contribution in [-0.2, 0) is 0 Å². The van der Waals surface area contributed by atoms with Crippen molar-refractivity contribution in [3.05, 3.63) is 88.3 Å². The van der Waals surface area contributed by atoms with Crippen molar-refractivity contribution in [2.75, 3.05) is 5.32 Å². The lowest BCUT2D eigenvalue weighted by Gasteiger charge is -2.09. The Hall–Kier alpha value is -3.27. The number of carbonyl (C=O) groups excluding carboxylic acids is 1. The molecule has 29 heavy (non-hydrogen) atoms. The van der Waals surface area contributed by atoms with E-state index in [0.29, 0.717) is 28.7 Å². The summed E-state index contributed by atoms with van der Waals surface area (Å²) in [7, 11) is 0. The standard InChI is InChI=1S/C21H16IN5O2/c1-14-23-10-11-27(14)19-12-20(25-13-24-19)29-16-8-6-15(7-9-16)26-21(28)17-4-2-3-5-18(17)22/h2-13H,1H3,(H,26,28). The Kier molecular flexibility index (Phi) is 5.52. The summed E-state index contributed by atoms with van der Waals surface area (Å²) in [5.74, 6) is 2.36. The number of ether oxygens (including phenoxy) is 1. The molecule has 2 aromatic heterocycles. The van der Waals surface area contributed by atoms with E-state index in [0.717, 1.165) is 9.39 Å². The molecule has 0 fully saturated rings. The van der Waals surface area contributed by atoms with Gasteiger partial charge in [0.2, 0.25) is 5.88 Å². The van der Waals surface area contributed by atoms with E-state index in [-0.39, 0.29) is 5.91 Å². The average molecular weight is 497 g/mol. The molecule has 0 aliphatic rings. The first-order valence-corrected chi connectivity index (χ1v) is 9.84. The molecule has 0 radical (unpaired) electrons. The SMILES string of the molecule is Cc1nccn1-c1cc(Oc2ccc(NC(=O)c3ccccc3I)cc2)ncn1. The summed E-state index contributed by atoms with van der Waals surface area (Å²) in [6.07, 6.45) is 4.98. The summed E-state index contributed by atoms with van der Waals surface area (Å²) in [4.78, 5) is 25.0. The van der Waals surface area contributed by atoms with E-state index in [4.69, 9.17) is 4.74 Å². The second-order valence-electron chi connectivity index (χ2n) is 6.12. The molecule has 0 unspecified atom stereocenters. The number of aromatic nitrogens is 4. The van der Waals surface area contributed by atoms with E-state index in [1.165, 1.54) is 6.33 Å². The van der Waals surface area contributed by atoms with Gasteiger partial charge in [0.25, 0.3) is 5.91 Å². The topological polar surface area (TPSA) is 81.9 Å². The lowest BCUT2D eigenvalue weighted by molar-refractivity contribution is 0.102. The Balaban J connectivity index is 1.46. The average Bonchev–Trinajstić information content (AvgIpc) is 3.16. The van der Waals surface area contributed by atoms with E-state index in [9.17, 15) is 4.79 Å². The minimum Gasteiger partial charge on any atom is -0.439 e. The molecule has 2 heterocycles. The monoisotopic (exact) mass is 497 g/mol. The number of benzene rings is 2. The number of amides is 1. The Morgan fingerprint density at radius 3 is 2.59 bits per heavy atom. The Morgan fingerprint density at radius 2 is 1.86 bits per heavy atom. The second-order valence-corrected chi connectivity index (χ2v) is 7.28. The highest BCUT2D eigenvalue weighted by atomic mass is 127. The largest absolute Gasteiger partial charge is 0.439 e. The number of carbonyl (C=O) groups is 1. The summed E-state index contributed by atoms with van der Waals surface area (Å²) < 4.78 is 8.57. The van der Waals surface area contributed by atoms with Gasteiger partial charge in [-0.15, -0.1) is 0 Å². The normalized spacial score (nSPS) is 10.6. The van der Waals surface area contributed by atoms with Crippen LogP contribution in [0.1, 0.15) is 16.2 Å². The van der Waals surface area contributed by atoms with Crippen LogP contribution in [0, 0.1) is 10.5 Å². The van der Waals surface area contributed by atoms with Gasteiger partial charge in [0.1, 0.15) is 23.7 Å². The first-order valence-electron chi connectivity index (χ1n) is 8.76. The number of nitrogens with one attached hydrogen (secondary N) is 1. The number of nitrogens with zero attached hydrogens (tertiary/aromatic N) is 4. The van der Waals surface area contributed by atoms with Crippen molar-refractivity contribution in [1.82, 2.24) is 19.5 Å². The van der Waals surface area contributed by atoms with Crippen molar-refractivity contribution >= 4 is 34.2 Å². The molecule has 0 aliphatic heterocycles. The van der Waals surface area contributed by atoms with E-state index in [1.807, 2.05) is 35.9 Å². The molecule has 1 amide bonds. The van der Waals surface area contributed by atoms with Gasteiger partial charge < -0.3 is 10.1 Å². The van der Waals surface area contributed by atoms with Crippen LogP contribution in [0.25, 0.3) is 5.82 Å². The molecule has 4 rings (SSSR count). The zero-order valence-electron chi connectivity index (χ0n) is 15.4. The van der Waals surface area contributed by atoms with Gasteiger partial charge in [-0.3, -0.25) is 9.36 Å². The highest BCUT2D eigenvalue weighted by Gasteiger charge is 2.10. The Morgan fingerprint density at radius 1 is 1.07 bits per heavy atom. The molecule has 0 bridgehead atoms. The third-order valence-corrected chi connectivity index (χ3v) is 5.09. The summed E-state index contributed by atoms with van der Waals surface area (Å²) in [6.45, 7) is 1.89. The van der Waals surface area contributed by atoms with Crippen molar-refractivity contribution in [2.24, 2.45) is 0 Å². The highest BCUT2D eigenvalue weighted by molar-refractivity contribution is 14.1. The van der Waals surface area contributed by atoms with Crippen LogP contribution < -0.4 is 10.1 Å². The van der Waals surface area contributed by atoms with Gasteiger partial charge in [-0.05, 0) is 65.9 Å². The fraction of sp³-hybridized carbons (Fsp3) is 0.0476. The molecule has 8 heteroatoms. The molecule has 0 saturated carbocycles. The summed E-state index contributed by atoms with van der Waals surface area (Å²) in [5, 5.41) is 2.89. The molecule has 0 spiro atoms. The number of halogens is 1. The van der Waals surface area contributed by atoms with Crippen molar-refractivity contribution in [3.8, 4) is 17.4 Å². The molecule has 4 aromatic rings. The van der Waals surface area contributed by atoms with Crippen LogP contribution in [0.3, 0.4) is 0 Å². The van der Waals surface area contributed by atoms with Crippen LogP contribution in [0.2, 0.25) is 0 Å². The molecule has 2 aromatic carbocycles. The first-order chi connectivity index (χ1) is 14.1. The van der Waals surface area contributed by atoms with Gasteiger partial charge in [0, 0.05) is 27.7 Å². The minimum absolute atomic E-state index is 0.153. The lowest BCUT2D eigenvalue weighted by Crippen LogP contribution is -2.13. The van der Waals surface area contributed by atoms with Gasteiger partial charge >= 0.3 is 0 Å². The Bertz CT molecular complexity index is 1160. The predicted molar refractivity (Wildman–Crippen MR) is 118 cm³/mol. The zero-order chi connectivity index (χ0) is 20.2. The quantitative estimate of drug-likeness (QED) is 0.407. The van der Waals surface area contributed by atoms with Crippen molar-refractivity contribution in [3.63, 3.8) is 0 Å². The highest BCUT2D eigenvalue weighted by Crippen LogP contribution is 2.23. The van der Waals surface area contributed by atoms with Gasteiger partial charge in [0.05, 0.1) is 5.56 Å². The fourth-order valence-corrected chi connectivity index (χ4v) is 3.34. The number of rotatable bonds is 5. The molecular formula is C21H16IN5O2. The third-order valence-electron chi connectivity index (χ3n) is 4.15. The smallest absolute Gasteiger partial charge is 0.256 e. The van der Waals surface area contributed by atoms with E-state index in [2.05, 4.69) is 42.9 Å². The molecule has 0 aliphatic carbocycles. The van der Waals surface area contributed by atoms with Gasteiger partial charge in [-0.1, -0.05) is 12.1 Å². The third kappa shape index (κ3) is 4.43. The van der Waals surface area contributed by atoms with Gasteiger partial charge in [0.15, 0.2) is 0 Å². The zero-order valence-corrected chi connectivity index (χ0v) is 17.6. The van der Waals surface area contributed by atoms with Gasteiger partial charge in [-0.25, -0.2) is 15.0 Å².